The Morgan fingerprint density at radius 2 is 1.81 bits per heavy atom. The largest absolute Gasteiger partial charge is 0.481 e. The molecular weight excluding hydrogens is 200 g/mol. The number of hydrogen-bond acceptors (Lipinski definition) is 1. The van der Waals surface area contributed by atoms with E-state index >= 15 is 0 Å². The van der Waals surface area contributed by atoms with E-state index in [1.165, 1.54) is 11.1 Å². The average molecular weight is 220 g/mol. The Morgan fingerprint density at radius 1 is 1.25 bits per heavy atom. The number of carbonyl (C=O) groups is 1. The predicted molar refractivity (Wildman–Crippen MR) is 65.6 cm³/mol. The van der Waals surface area contributed by atoms with Crippen LogP contribution in [0.5, 0.6) is 0 Å². The Balaban J connectivity index is 2.62. The Labute approximate surface area is 97.3 Å². The zero-order chi connectivity index (χ0) is 12.0. The summed E-state index contributed by atoms with van der Waals surface area (Å²) in [5.41, 5.74) is 2.67. The van der Waals surface area contributed by atoms with Gasteiger partial charge in [-0.3, -0.25) is 4.79 Å². The number of aliphatic carboxylic acids is 1. The average Bonchev–Trinajstić information content (AvgIpc) is 2.27. The maximum Gasteiger partial charge on any atom is 0.306 e. The van der Waals surface area contributed by atoms with Crippen LogP contribution in [-0.2, 0) is 17.6 Å². The highest BCUT2D eigenvalue weighted by Crippen LogP contribution is 2.15. The number of carboxylic acids is 1. The second kappa shape index (κ2) is 6.31. The molecule has 0 amide bonds. The zero-order valence-corrected chi connectivity index (χ0v) is 10.1. The molecule has 0 saturated heterocycles. The standard InChI is InChI=1S/C14H20O2/c1-3-6-12-7-4-5-8-13(12)10-9-11(2)14(15)16/h4-5,7-8,11H,3,6,9-10H2,1-2H3,(H,15,16). The van der Waals surface area contributed by atoms with Crippen LogP contribution in [0, 0.1) is 5.92 Å². The van der Waals surface area contributed by atoms with E-state index in [-0.39, 0.29) is 5.92 Å². The van der Waals surface area contributed by atoms with Crippen molar-refractivity contribution in [1.29, 1.82) is 0 Å². The van der Waals surface area contributed by atoms with Gasteiger partial charge in [0, 0.05) is 0 Å². The van der Waals surface area contributed by atoms with Crippen LogP contribution >= 0.6 is 0 Å². The quantitative estimate of drug-likeness (QED) is 0.798. The third-order valence-corrected chi connectivity index (χ3v) is 2.91. The van der Waals surface area contributed by atoms with Gasteiger partial charge in [-0.25, -0.2) is 0 Å². The Bertz CT molecular complexity index is 344. The number of hydrogen-bond donors (Lipinski definition) is 1. The summed E-state index contributed by atoms with van der Waals surface area (Å²) in [5, 5.41) is 8.83. The van der Waals surface area contributed by atoms with Gasteiger partial charge >= 0.3 is 5.97 Å². The number of carboxylic acid groups (broad SMARTS) is 1. The summed E-state index contributed by atoms with van der Waals surface area (Å²) in [7, 11) is 0. The third-order valence-electron chi connectivity index (χ3n) is 2.91. The second-order valence-corrected chi connectivity index (χ2v) is 4.30. The van der Waals surface area contributed by atoms with Crippen molar-refractivity contribution < 1.29 is 9.90 Å². The van der Waals surface area contributed by atoms with Gasteiger partial charge in [0.25, 0.3) is 0 Å². The SMILES string of the molecule is CCCc1ccccc1CCC(C)C(=O)O. The lowest BCUT2D eigenvalue weighted by Crippen LogP contribution is -2.10. The summed E-state index contributed by atoms with van der Waals surface area (Å²) in [6.45, 7) is 3.93. The van der Waals surface area contributed by atoms with Crippen molar-refractivity contribution in [2.75, 3.05) is 0 Å². The number of aryl methyl sites for hydroxylation is 2. The highest BCUT2D eigenvalue weighted by atomic mass is 16.4. The van der Waals surface area contributed by atoms with Gasteiger partial charge in [-0.15, -0.1) is 0 Å². The molecule has 0 aliphatic heterocycles. The fraction of sp³-hybridized carbons (Fsp3) is 0.500. The highest BCUT2D eigenvalue weighted by Gasteiger charge is 2.11. The van der Waals surface area contributed by atoms with E-state index in [9.17, 15) is 4.79 Å². The van der Waals surface area contributed by atoms with Gasteiger partial charge in [-0.2, -0.15) is 0 Å². The Morgan fingerprint density at radius 3 is 2.31 bits per heavy atom. The highest BCUT2D eigenvalue weighted by molar-refractivity contribution is 5.69. The molecule has 88 valence electrons. The van der Waals surface area contributed by atoms with Crippen molar-refractivity contribution in [3.8, 4) is 0 Å². The topological polar surface area (TPSA) is 37.3 Å². The monoisotopic (exact) mass is 220 g/mol. The number of benzene rings is 1. The minimum absolute atomic E-state index is 0.255. The third kappa shape index (κ3) is 3.69. The molecule has 0 aliphatic carbocycles. The van der Waals surface area contributed by atoms with Crippen molar-refractivity contribution in [3.63, 3.8) is 0 Å². The molecule has 1 aromatic rings. The van der Waals surface area contributed by atoms with Crippen molar-refractivity contribution in [3.05, 3.63) is 35.4 Å². The molecule has 16 heavy (non-hydrogen) atoms. The fourth-order valence-corrected chi connectivity index (χ4v) is 1.81. The van der Waals surface area contributed by atoms with Crippen LogP contribution in [0.2, 0.25) is 0 Å². The summed E-state index contributed by atoms with van der Waals surface area (Å²) in [6.07, 6.45) is 3.79. The van der Waals surface area contributed by atoms with Crippen LogP contribution in [0.1, 0.15) is 37.8 Å². The molecule has 0 fully saturated rings. The van der Waals surface area contributed by atoms with Crippen LogP contribution in [-0.4, -0.2) is 11.1 Å². The molecule has 0 heterocycles. The second-order valence-electron chi connectivity index (χ2n) is 4.30. The lowest BCUT2D eigenvalue weighted by molar-refractivity contribution is -0.141. The molecule has 1 atom stereocenters. The minimum Gasteiger partial charge on any atom is -0.481 e. The molecular formula is C14H20O2. The van der Waals surface area contributed by atoms with Gasteiger partial charge in [0.2, 0.25) is 0 Å². The van der Waals surface area contributed by atoms with Crippen LogP contribution in [0.4, 0.5) is 0 Å². The van der Waals surface area contributed by atoms with Crippen molar-refractivity contribution in [2.45, 2.75) is 39.5 Å². The molecule has 0 radical (unpaired) electrons. The summed E-state index contributed by atoms with van der Waals surface area (Å²) < 4.78 is 0. The summed E-state index contributed by atoms with van der Waals surface area (Å²) >= 11 is 0. The Kier molecular flexibility index (Phi) is 5.03. The molecule has 0 saturated carbocycles. The van der Waals surface area contributed by atoms with E-state index < -0.39 is 5.97 Å². The van der Waals surface area contributed by atoms with Crippen LogP contribution in [0.15, 0.2) is 24.3 Å². The summed E-state index contributed by atoms with van der Waals surface area (Å²) in [4.78, 5) is 10.7. The predicted octanol–water partition coefficient (Wildman–Crippen LogP) is 3.29. The van der Waals surface area contributed by atoms with Gasteiger partial charge in [-0.1, -0.05) is 44.5 Å². The van der Waals surface area contributed by atoms with E-state index in [1.54, 1.807) is 6.92 Å². The lowest BCUT2D eigenvalue weighted by Gasteiger charge is -2.10. The maximum absolute atomic E-state index is 10.7. The van der Waals surface area contributed by atoms with E-state index in [1.807, 2.05) is 6.07 Å². The maximum atomic E-state index is 10.7. The first-order valence-electron chi connectivity index (χ1n) is 5.94. The summed E-state index contributed by atoms with van der Waals surface area (Å²) in [5.74, 6) is -0.956. The van der Waals surface area contributed by atoms with Gasteiger partial charge in [0.15, 0.2) is 0 Å². The van der Waals surface area contributed by atoms with E-state index in [4.69, 9.17) is 5.11 Å². The Hall–Kier alpha value is -1.31. The molecule has 0 bridgehead atoms. The fourth-order valence-electron chi connectivity index (χ4n) is 1.81. The molecule has 1 rings (SSSR count). The molecule has 2 nitrogen and oxygen atoms in total. The zero-order valence-electron chi connectivity index (χ0n) is 10.1. The van der Waals surface area contributed by atoms with E-state index in [0.717, 1.165) is 25.7 Å². The molecule has 2 heteroatoms. The smallest absolute Gasteiger partial charge is 0.306 e. The summed E-state index contributed by atoms with van der Waals surface area (Å²) in [6, 6.07) is 8.33. The van der Waals surface area contributed by atoms with Crippen molar-refractivity contribution >= 4 is 5.97 Å². The van der Waals surface area contributed by atoms with Gasteiger partial charge < -0.3 is 5.11 Å². The van der Waals surface area contributed by atoms with Crippen LogP contribution in [0.25, 0.3) is 0 Å². The molecule has 0 spiro atoms. The number of rotatable bonds is 6. The van der Waals surface area contributed by atoms with Gasteiger partial charge in [0.05, 0.1) is 5.92 Å². The van der Waals surface area contributed by atoms with Crippen molar-refractivity contribution in [2.24, 2.45) is 5.92 Å². The van der Waals surface area contributed by atoms with Crippen molar-refractivity contribution in [1.82, 2.24) is 0 Å². The molecule has 0 aromatic heterocycles. The van der Waals surface area contributed by atoms with Gasteiger partial charge in [-0.05, 0) is 30.4 Å². The van der Waals surface area contributed by atoms with E-state index in [0.29, 0.717) is 0 Å². The molecule has 1 N–H and O–H groups in total. The minimum atomic E-state index is -0.701. The normalized spacial score (nSPS) is 12.4. The first-order valence-corrected chi connectivity index (χ1v) is 5.94. The van der Waals surface area contributed by atoms with Gasteiger partial charge in [0.1, 0.15) is 0 Å². The lowest BCUT2D eigenvalue weighted by atomic mass is 9.96. The first kappa shape index (κ1) is 12.8. The molecule has 1 aromatic carbocycles. The van der Waals surface area contributed by atoms with Crippen LogP contribution < -0.4 is 0 Å². The molecule has 1 unspecified atom stereocenters. The first-order chi connectivity index (χ1) is 7.65. The molecule has 0 aliphatic rings. The van der Waals surface area contributed by atoms with Crippen LogP contribution in [0.3, 0.4) is 0 Å². The van der Waals surface area contributed by atoms with E-state index in [2.05, 4.69) is 25.1 Å².